The van der Waals surface area contributed by atoms with Crippen LogP contribution in [0.2, 0.25) is 0 Å². The van der Waals surface area contributed by atoms with Crippen LogP contribution in [0.1, 0.15) is 40.4 Å². The first-order chi connectivity index (χ1) is 15.7. The van der Waals surface area contributed by atoms with Crippen molar-refractivity contribution in [1.82, 2.24) is 4.90 Å². The summed E-state index contributed by atoms with van der Waals surface area (Å²) in [5.41, 5.74) is 1.67. The van der Waals surface area contributed by atoms with Crippen LogP contribution >= 0.6 is 0 Å². The van der Waals surface area contributed by atoms with Gasteiger partial charge in [0.15, 0.2) is 5.76 Å². The second-order valence-corrected chi connectivity index (χ2v) is 8.79. The van der Waals surface area contributed by atoms with Gasteiger partial charge in [-0.15, -0.1) is 0 Å². The molecule has 4 atom stereocenters. The highest BCUT2D eigenvalue weighted by molar-refractivity contribution is 6.11. The molecule has 1 aromatic heterocycles. The zero-order chi connectivity index (χ0) is 21.9. The Kier molecular flexibility index (Phi) is 4.27. The predicted octanol–water partition coefficient (Wildman–Crippen LogP) is 4.20. The van der Waals surface area contributed by atoms with Gasteiger partial charge in [-0.05, 0) is 55.3 Å². The van der Waals surface area contributed by atoms with Crippen LogP contribution in [0.3, 0.4) is 0 Å². The smallest absolute Gasteiger partial charge is 0.250 e. The van der Waals surface area contributed by atoms with E-state index in [9.17, 15) is 9.59 Å². The number of carbonyl (C=O) groups is 2. The minimum atomic E-state index is -1.05. The topological polar surface area (TPSA) is 71.8 Å². The Morgan fingerprint density at radius 1 is 1.12 bits per heavy atom. The third-order valence-electron chi connectivity index (χ3n) is 7.46. The number of carbonyl (C=O) groups excluding carboxylic acids is 2. The molecule has 6 heteroatoms. The molecule has 6 nitrogen and oxygen atoms in total. The van der Waals surface area contributed by atoms with Gasteiger partial charge >= 0.3 is 0 Å². The lowest BCUT2D eigenvalue weighted by molar-refractivity contribution is -0.127. The van der Waals surface area contributed by atoms with E-state index in [1.165, 1.54) is 6.26 Å². The fourth-order valence-electron chi connectivity index (χ4n) is 6.29. The van der Waals surface area contributed by atoms with Crippen molar-refractivity contribution in [2.45, 2.75) is 30.3 Å². The Hall–Kier alpha value is -3.38. The van der Waals surface area contributed by atoms with Crippen molar-refractivity contribution in [2.24, 2.45) is 5.92 Å². The largest absolute Gasteiger partial charge is 0.497 e. The fraction of sp³-hybridized carbons (Fsp3) is 0.308. The molecule has 32 heavy (non-hydrogen) atoms. The predicted molar refractivity (Wildman–Crippen MR) is 119 cm³/mol. The van der Waals surface area contributed by atoms with Gasteiger partial charge in [0.05, 0.1) is 19.3 Å². The molecule has 3 aliphatic rings. The maximum absolute atomic E-state index is 14.0. The molecule has 0 aliphatic carbocycles. The lowest BCUT2D eigenvalue weighted by Crippen LogP contribution is -2.52. The van der Waals surface area contributed by atoms with Crippen LogP contribution in [0.4, 0.5) is 5.69 Å². The van der Waals surface area contributed by atoms with E-state index in [2.05, 4.69) is 10.2 Å². The summed E-state index contributed by atoms with van der Waals surface area (Å²) in [6, 6.07) is 19.2. The first-order valence-electron chi connectivity index (χ1n) is 11.1. The number of fused-ring (bicyclic) bond motifs is 4. The van der Waals surface area contributed by atoms with Crippen LogP contribution in [0.15, 0.2) is 71.3 Å². The van der Waals surface area contributed by atoms with Crippen molar-refractivity contribution >= 4 is 17.4 Å². The van der Waals surface area contributed by atoms with Crippen LogP contribution < -0.4 is 10.1 Å². The van der Waals surface area contributed by atoms with Crippen molar-refractivity contribution < 1.29 is 18.7 Å². The van der Waals surface area contributed by atoms with Crippen LogP contribution in [-0.4, -0.2) is 36.3 Å². The molecule has 6 rings (SSSR count). The normalized spacial score (nSPS) is 28.5. The van der Waals surface area contributed by atoms with Gasteiger partial charge in [0, 0.05) is 23.2 Å². The Morgan fingerprint density at radius 2 is 1.94 bits per heavy atom. The third-order valence-corrected chi connectivity index (χ3v) is 7.46. The molecular weight excluding hydrogens is 404 g/mol. The number of furan rings is 1. The minimum Gasteiger partial charge on any atom is -0.497 e. The molecule has 4 heterocycles. The van der Waals surface area contributed by atoms with E-state index < -0.39 is 11.5 Å². The Morgan fingerprint density at radius 3 is 2.69 bits per heavy atom. The van der Waals surface area contributed by atoms with Gasteiger partial charge in [-0.2, -0.15) is 0 Å². The van der Waals surface area contributed by atoms with E-state index in [1.807, 2.05) is 48.5 Å². The highest BCUT2D eigenvalue weighted by Crippen LogP contribution is 2.61. The Balaban J connectivity index is 1.60. The number of benzene rings is 2. The van der Waals surface area contributed by atoms with Gasteiger partial charge < -0.3 is 14.5 Å². The average Bonchev–Trinajstić information content (AvgIpc) is 3.59. The summed E-state index contributed by atoms with van der Waals surface area (Å²) >= 11 is 0. The summed E-state index contributed by atoms with van der Waals surface area (Å²) in [6.07, 6.45) is 3.45. The van der Waals surface area contributed by atoms with Crippen LogP contribution in [0, 0.1) is 5.92 Å². The molecule has 2 fully saturated rings. The molecule has 1 N–H and O–H groups in total. The van der Waals surface area contributed by atoms with Crippen LogP contribution in [0.25, 0.3) is 0 Å². The zero-order valence-electron chi connectivity index (χ0n) is 17.8. The molecule has 0 radical (unpaired) electrons. The fourth-order valence-corrected chi connectivity index (χ4v) is 6.29. The molecule has 2 aromatic carbocycles. The van der Waals surface area contributed by atoms with E-state index in [1.54, 1.807) is 19.2 Å². The molecule has 0 bridgehead atoms. The van der Waals surface area contributed by atoms with Crippen LogP contribution in [0.5, 0.6) is 5.75 Å². The van der Waals surface area contributed by atoms with Crippen LogP contribution in [-0.2, 0) is 10.3 Å². The number of hydrogen-bond donors (Lipinski definition) is 1. The number of nitrogens with one attached hydrogen (secondary N) is 1. The van der Waals surface area contributed by atoms with E-state index in [4.69, 9.17) is 9.15 Å². The number of amides is 1. The lowest BCUT2D eigenvalue weighted by Gasteiger charge is -2.36. The molecule has 2 saturated heterocycles. The number of ether oxygens (including phenoxy) is 1. The number of rotatable bonds is 4. The molecule has 0 saturated carbocycles. The van der Waals surface area contributed by atoms with Gasteiger partial charge in [0.25, 0.3) is 0 Å². The SMILES string of the molecule is COc1ccc(C2C3CCCN3C3(C(=O)Nc4ccccc43)C2C(=O)c2ccco2)cc1. The summed E-state index contributed by atoms with van der Waals surface area (Å²) in [4.78, 5) is 30.1. The highest BCUT2D eigenvalue weighted by Gasteiger charge is 2.69. The Labute approximate surface area is 186 Å². The zero-order valence-corrected chi connectivity index (χ0v) is 17.8. The monoisotopic (exact) mass is 428 g/mol. The molecule has 4 unspecified atom stereocenters. The lowest BCUT2D eigenvalue weighted by atomic mass is 9.69. The summed E-state index contributed by atoms with van der Waals surface area (Å²) < 4.78 is 10.9. The van der Waals surface area contributed by atoms with Gasteiger partial charge in [-0.3, -0.25) is 14.5 Å². The molecule has 162 valence electrons. The van der Waals surface area contributed by atoms with Crippen molar-refractivity contribution in [1.29, 1.82) is 0 Å². The van der Waals surface area contributed by atoms with E-state index >= 15 is 0 Å². The number of hydrogen-bond acceptors (Lipinski definition) is 5. The quantitative estimate of drug-likeness (QED) is 0.631. The number of nitrogens with zero attached hydrogens (tertiary/aromatic N) is 1. The summed E-state index contributed by atoms with van der Waals surface area (Å²) in [6.45, 7) is 0.779. The summed E-state index contributed by atoms with van der Waals surface area (Å²) in [5.74, 6) is 0.0753. The van der Waals surface area contributed by atoms with E-state index in [0.29, 0.717) is 5.76 Å². The highest BCUT2D eigenvalue weighted by atomic mass is 16.5. The summed E-state index contributed by atoms with van der Waals surface area (Å²) in [5, 5.41) is 3.08. The van der Waals surface area contributed by atoms with Crippen molar-refractivity contribution in [3.05, 3.63) is 83.8 Å². The maximum atomic E-state index is 14.0. The first kappa shape index (κ1) is 19.3. The molecule has 3 aliphatic heterocycles. The Bertz CT molecular complexity index is 1190. The van der Waals surface area contributed by atoms with Gasteiger partial charge in [-0.1, -0.05) is 30.3 Å². The van der Waals surface area contributed by atoms with E-state index in [0.717, 1.165) is 42.0 Å². The first-order valence-corrected chi connectivity index (χ1v) is 11.1. The second-order valence-electron chi connectivity index (χ2n) is 8.79. The van der Waals surface area contributed by atoms with E-state index in [-0.39, 0.29) is 23.7 Å². The summed E-state index contributed by atoms with van der Waals surface area (Å²) in [7, 11) is 1.64. The molecule has 1 spiro atoms. The second kappa shape index (κ2) is 7.07. The number of ketones is 1. The third kappa shape index (κ3) is 2.44. The van der Waals surface area contributed by atoms with Gasteiger partial charge in [0.2, 0.25) is 11.7 Å². The van der Waals surface area contributed by atoms with Crippen molar-refractivity contribution in [3.63, 3.8) is 0 Å². The minimum absolute atomic E-state index is 0.0872. The number of Topliss-reactive ketones (excluding diaryl/α,β-unsaturated/α-hetero) is 1. The average molecular weight is 428 g/mol. The maximum Gasteiger partial charge on any atom is 0.250 e. The standard InChI is InChI=1S/C26H24N2O4/c1-31-17-12-10-16(11-13-17)22-20-8-4-14-28(20)26(23(22)24(29)21-9-5-15-32-21)18-6-2-3-7-19(18)27-25(26)30/h2-3,5-7,9-13,15,20,22-23H,4,8,14H2,1H3,(H,27,30). The number of para-hydroxylation sites is 1. The van der Waals surface area contributed by atoms with Gasteiger partial charge in [-0.25, -0.2) is 0 Å². The van der Waals surface area contributed by atoms with Crippen molar-refractivity contribution in [2.75, 3.05) is 19.0 Å². The number of anilines is 1. The molecule has 3 aromatic rings. The molecule has 1 amide bonds. The van der Waals surface area contributed by atoms with Gasteiger partial charge in [0.1, 0.15) is 11.3 Å². The molecular formula is C26H24N2O4. The van der Waals surface area contributed by atoms with Crippen molar-refractivity contribution in [3.8, 4) is 5.75 Å². The number of methoxy groups -OCH3 is 1.